The van der Waals surface area contributed by atoms with Gasteiger partial charge in [0, 0.05) is 49.2 Å². The second-order valence-corrected chi connectivity index (χ2v) is 8.47. The molecule has 0 bridgehead atoms. The number of guanidine groups is 1. The lowest BCUT2D eigenvalue weighted by Gasteiger charge is -2.32. The molecule has 0 atom stereocenters. The van der Waals surface area contributed by atoms with Gasteiger partial charge in [-0.15, -0.1) is 35.3 Å². The number of rotatable bonds is 6. The number of hydrogen-bond donors (Lipinski definition) is 3. The van der Waals surface area contributed by atoms with Gasteiger partial charge in [0.2, 0.25) is 5.91 Å². The van der Waals surface area contributed by atoms with E-state index in [-0.39, 0.29) is 35.8 Å². The Hall–Kier alpha value is -1.95. The number of halogens is 1. The fraction of sp³-hybridized carbons (Fsp3) is 0.500. The number of anilines is 1. The summed E-state index contributed by atoms with van der Waals surface area (Å²) in [5.74, 6) is 1.44. The van der Waals surface area contributed by atoms with Crippen molar-refractivity contribution in [1.82, 2.24) is 20.6 Å². The number of primary amides is 1. The van der Waals surface area contributed by atoms with Gasteiger partial charge in [0.15, 0.2) is 5.96 Å². The number of thiazole rings is 1. The Morgan fingerprint density at radius 2 is 2.00 bits per heavy atom. The SMILES string of the molecule is CN=C(NCc1nc(C)c(C)s1)NCc1cccnc1N1CCC(C(N)=O)CC1.I. The number of amides is 1. The van der Waals surface area contributed by atoms with E-state index in [1.165, 1.54) is 4.88 Å². The molecule has 8 nitrogen and oxygen atoms in total. The van der Waals surface area contributed by atoms with Crippen molar-refractivity contribution in [3.63, 3.8) is 0 Å². The average Bonchev–Trinajstić information content (AvgIpc) is 3.06. The lowest BCUT2D eigenvalue weighted by atomic mass is 9.96. The van der Waals surface area contributed by atoms with Crippen LogP contribution in [-0.2, 0) is 17.9 Å². The zero-order valence-corrected chi connectivity index (χ0v) is 20.8. The number of aliphatic imine (C=N–C) groups is 1. The molecule has 30 heavy (non-hydrogen) atoms. The summed E-state index contributed by atoms with van der Waals surface area (Å²) in [6, 6.07) is 4.00. The second kappa shape index (κ2) is 11.4. The molecule has 3 rings (SSSR count). The summed E-state index contributed by atoms with van der Waals surface area (Å²) in [6.07, 6.45) is 3.35. The Bertz CT molecular complexity index is 858. The highest BCUT2D eigenvalue weighted by Crippen LogP contribution is 2.24. The van der Waals surface area contributed by atoms with Gasteiger partial charge in [-0.1, -0.05) is 6.07 Å². The van der Waals surface area contributed by atoms with Crippen LogP contribution >= 0.6 is 35.3 Å². The molecule has 0 unspecified atom stereocenters. The van der Waals surface area contributed by atoms with Gasteiger partial charge in [-0.2, -0.15) is 0 Å². The third kappa shape index (κ3) is 6.27. The molecule has 0 aliphatic carbocycles. The van der Waals surface area contributed by atoms with E-state index in [1.54, 1.807) is 24.6 Å². The van der Waals surface area contributed by atoms with E-state index in [0.717, 1.165) is 54.0 Å². The van der Waals surface area contributed by atoms with Crippen LogP contribution in [0.3, 0.4) is 0 Å². The summed E-state index contributed by atoms with van der Waals surface area (Å²) in [5, 5.41) is 7.72. The van der Waals surface area contributed by atoms with Crippen molar-refractivity contribution in [2.24, 2.45) is 16.6 Å². The number of pyridine rings is 1. The first-order valence-electron chi connectivity index (χ1n) is 9.83. The first-order chi connectivity index (χ1) is 14.0. The summed E-state index contributed by atoms with van der Waals surface area (Å²) in [4.78, 5) is 28.3. The standard InChI is InChI=1S/C20H29N7OS.HI/c1-13-14(2)29-17(26-13)12-25-20(22-3)24-11-16-5-4-8-23-19(16)27-9-6-15(7-10-27)18(21)28;/h4-5,8,15H,6-7,9-12H2,1-3H3,(H2,21,28)(H2,22,24,25);1H. The Kier molecular flexibility index (Phi) is 9.28. The Balaban J connectivity index is 0.00000320. The molecule has 0 aromatic carbocycles. The van der Waals surface area contributed by atoms with E-state index >= 15 is 0 Å². The van der Waals surface area contributed by atoms with Crippen LogP contribution in [0.1, 0.15) is 34.0 Å². The van der Waals surface area contributed by atoms with Gasteiger partial charge >= 0.3 is 0 Å². The molecule has 1 saturated heterocycles. The minimum absolute atomic E-state index is 0. The van der Waals surface area contributed by atoms with Crippen molar-refractivity contribution in [1.29, 1.82) is 0 Å². The van der Waals surface area contributed by atoms with Gasteiger partial charge in [-0.25, -0.2) is 9.97 Å². The first kappa shape index (κ1) is 24.3. The lowest BCUT2D eigenvalue weighted by molar-refractivity contribution is -0.122. The number of nitrogens with two attached hydrogens (primary N) is 1. The molecular weight excluding hydrogens is 513 g/mol. The van der Waals surface area contributed by atoms with Crippen molar-refractivity contribution in [3.8, 4) is 0 Å². The third-order valence-corrected chi connectivity index (χ3v) is 6.29. The predicted molar refractivity (Wildman–Crippen MR) is 132 cm³/mol. The topological polar surface area (TPSA) is 109 Å². The van der Waals surface area contributed by atoms with Crippen molar-refractivity contribution in [3.05, 3.63) is 39.5 Å². The molecule has 1 aliphatic heterocycles. The van der Waals surface area contributed by atoms with Crippen LogP contribution < -0.4 is 21.3 Å². The Labute approximate surface area is 198 Å². The Morgan fingerprint density at radius 1 is 1.30 bits per heavy atom. The molecule has 0 spiro atoms. The van der Waals surface area contributed by atoms with Crippen LogP contribution in [-0.4, -0.2) is 42.0 Å². The first-order valence-corrected chi connectivity index (χ1v) is 10.6. The smallest absolute Gasteiger partial charge is 0.220 e. The molecule has 0 saturated carbocycles. The molecule has 4 N–H and O–H groups in total. The van der Waals surface area contributed by atoms with Crippen molar-refractivity contribution in [2.75, 3.05) is 25.0 Å². The van der Waals surface area contributed by atoms with Crippen LogP contribution in [0.4, 0.5) is 5.82 Å². The highest BCUT2D eigenvalue weighted by Gasteiger charge is 2.24. The zero-order chi connectivity index (χ0) is 20.8. The fourth-order valence-electron chi connectivity index (χ4n) is 3.40. The number of piperidine rings is 1. The van der Waals surface area contributed by atoms with E-state index in [0.29, 0.717) is 13.1 Å². The third-order valence-electron chi connectivity index (χ3n) is 5.21. The minimum Gasteiger partial charge on any atom is -0.369 e. The molecule has 2 aromatic heterocycles. The highest BCUT2D eigenvalue weighted by atomic mass is 127. The summed E-state index contributed by atoms with van der Waals surface area (Å²) >= 11 is 1.70. The molecule has 2 aromatic rings. The largest absolute Gasteiger partial charge is 0.369 e. The van der Waals surface area contributed by atoms with Crippen LogP contribution in [0.5, 0.6) is 0 Å². The van der Waals surface area contributed by atoms with Gasteiger partial charge in [0.1, 0.15) is 10.8 Å². The normalized spacial score (nSPS) is 14.9. The summed E-state index contributed by atoms with van der Waals surface area (Å²) < 4.78 is 0. The molecule has 1 amide bonds. The van der Waals surface area contributed by atoms with Gasteiger partial charge in [0.05, 0.1) is 12.2 Å². The quantitative estimate of drug-likeness (QED) is 0.293. The maximum absolute atomic E-state index is 11.4. The predicted octanol–water partition coefficient (Wildman–Crippen LogP) is 2.34. The number of aromatic nitrogens is 2. The van der Waals surface area contributed by atoms with E-state index < -0.39 is 0 Å². The Morgan fingerprint density at radius 3 is 2.60 bits per heavy atom. The van der Waals surface area contributed by atoms with Crippen LogP contribution in [0.15, 0.2) is 23.3 Å². The minimum atomic E-state index is -0.201. The lowest BCUT2D eigenvalue weighted by Crippen LogP contribution is -2.40. The number of nitrogens with one attached hydrogen (secondary N) is 2. The van der Waals surface area contributed by atoms with Gasteiger partial charge in [-0.05, 0) is 32.8 Å². The number of aryl methyl sites for hydroxylation is 2. The molecular formula is C20H30IN7OS. The van der Waals surface area contributed by atoms with Gasteiger partial charge in [0.25, 0.3) is 0 Å². The zero-order valence-electron chi connectivity index (χ0n) is 17.6. The van der Waals surface area contributed by atoms with Crippen molar-refractivity contribution >= 4 is 53.0 Å². The van der Waals surface area contributed by atoms with E-state index in [4.69, 9.17) is 5.73 Å². The molecule has 1 aliphatic rings. The summed E-state index contributed by atoms with van der Waals surface area (Å²) in [7, 11) is 1.76. The summed E-state index contributed by atoms with van der Waals surface area (Å²) in [5.41, 5.74) is 7.62. The van der Waals surface area contributed by atoms with E-state index in [2.05, 4.69) is 43.5 Å². The van der Waals surface area contributed by atoms with Crippen molar-refractivity contribution in [2.45, 2.75) is 39.8 Å². The van der Waals surface area contributed by atoms with E-state index in [1.807, 2.05) is 13.0 Å². The van der Waals surface area contributed by atoms with Crippen LogP contribution in [0.2, 0.25) is 0 Å². The molecule has 3 heterocycles. The summed E-state index contributed by atoms with van der Waals surface area (Å²) in [6.45, 7) is 6.92. The average molecular weight is 543 g/mol. The fourth-order valence-corrected chi connectivity index (χ4v) is 4.28. The number of nitrogens with zero attached hydrogens (tertiary/aromatic N) is 4. The molecule has 0 radical (unpaired) electrons. The molecule has 1 fully saturated rings. The van der Waals surface area contributed by atoms with Crippen molar-refractivity contribution < 1.29 is 4.79 Å². The monoisotopic (exact) mass is 543 g/mol. The van der Waals surface area contributed by atoms with Gasteiger partial charge < -0.3 is 21.3 Å². The second-order valence-electron chi connectivity index (χ2n) is 7.18. The number of hydrogen-bond acceptors (Lipinski definition) is 6. The maximum atomic E-state index is 11.4. The number of carbonyl (C=O) groups excluding carboxylic acids is 1. The molecule has 10 heteroatoms. The van der Waals surface area contributed by atoms with Crippen LogP contribution in [0.25, 0.3) is 0 Å². The molecule has 164 valence electrons. The van der Waals surface area contributed by atoms with Crippen LogP contribution in [0, 0.1) is 19.8 Å². The van der Waals surface area contributed by atoms with E-state index in [9.17, 15) is 4.79 Å². The highest BCUT2D eigenvalue weighted by molar-refractivity contribution is 14.0. The van der Waals surface area contributed by atoms with Gasteiger partial charge in [-0.3, -0.25) is 9.79 Å². The maximum Gasteiger partial charge on any atom is 0.220 e. The number of carbonyl (C=O) groups is 1.